The second-order valence-electron chi connectivity index (χ2n) is 6.54. The predicted octanol–water partition coefficient (Wildman–Crippen LogP) is 5.29. The van der Waals surface area contributed by atoms with Gasteiger partial charge in [-0.25, -0.2) is 31.9 Å². The van der Waals surface area contributed by atoms with Crippen LogP contribution in [0.5, 0.6) is 0 Å². The highest BCUT2D eigenvalue weighted by Crippen LogP contribution is 2.32. The molecule has 2 aromatic carbocycles. The van der Waals surface area contributed by atoms with Gasteiger partial charge in [-0.15, -0.1) is 0 Å². The first kappa shape index (κ1) is 21.8. The minimum atomic E-state index is -2.34. The van der Waals surface area contributed by atoms with Crippen molar-refractivity contribution in [3.8, 4) is 0 Å². The smallest absolute Gasteiger partial charge is 0.261 e. The summed E-state index contributed by atoms with van der Waals surface area (Å²) in [5.74, 6) is -12.3. The molecular weight excluding hydrogens is 445 g/mol. The molecule has 0 radical (unpaired) electrons. The number of amides is 1. The van der Waals surface area contributed by atoms with Crippen molar-refractivity contribution >= 4 is 28.9 Å². The molecule has 11 heteroatoms. The van der Waals surface area contributed by atoms with Gasteiger partial charge in [-0.05, 0) is 42.5 Å². The lowest BCUT2D eigenvalue weighted by Crippen LogP contribution is -2.19. The SMILES string of the molecule is O=C(Nc1ccc(N(c2ccncc2)c2ncccn2)cc1)c1c(F)c(F)c(F)c(F)c1F. The zero-order chi connectivity index (χ0) is 23.5. The maximum atomic E-state index is 13.9. The molecular formula is C22H12F5N5O. The van der Waals surface area contributed by atoms with Crippen LogP contribution in [0.3, 0.4) is 0 Å². The van der Waals surface area contributed by atoms with Crippen LogP contribution in [0.1, 0.15) is 10.4 Å². The minimum Gasteiger partial charge on any atom is -0.322 e. The van der Waals surface area contributed by atoms with Gasteiger partial charge in [0.2, 0.25) is 11.8 Å². The summed E-state index contributed by atoms with van der Waals surface area (Å²) in [6.45, 7) is 0. The first-order valence-electron chi connectivity index (χ1n) is 9.28. The van der Waals surface area contributed by atoms with Gasteiger partial charge in [-0.1, -0.05) is 0 Å². The summed E-state index contributed by atoms with van der Waals surface area (Å²) in [4.78, 5) is 26.3. The molecule has 33 heavy (non-hydrogen) atoms. The number of benzene rings is 2. The number of nitrogens with one attached hydrogen (secondary N) is 1. The second kappa shape index (κ2) is 8.99. The normalized spacial score (nSPS) is 10.7. The van der Waals surface area contributed by atoms with E-state index in [0.29, 0.717) is 17.3 Å². The molecule has 6 nitrogen and oxygen atoms in total. The summed E-state index contributed by atoms with van der Waals surface area (Å²) in [7, 11) is 0. The van der Waals surface area contributed by atoms with Gasteiger partial charge in [-0.3, -0.25) is 14.7 Å². The molecule has 4 rings (SSSR count). The van der Waals surface area contributed by atoms with E-state index in [9.17, 15) is 26.7 Å². The van der Waals surface area contributed by atoms with Gasteiger partial charge in [0.05, 0.1) is 5.69 Å². The Morgan fingerprint density at radius 2 is 1.21 bits per heavy atom. The number of carbonyl (C=O) groups excluding carboxylic acids is 1. The van der Waals surface area contributed by atoms with Crippen molar-refractivity contribution < 1.29 is 26.7 Å². The van der Waals surface area contributed by atoms with Crippen molar-refractivity contribution in [1.29, 1.82) is 0 Å². The fourth-order valence-electron chi connectivity index (χ4n) is 2.97. The van der Waals surface area contributed by atoms with Crippen LogP contribution in [-0.2, 0) is 0 Å². The third kappa shape index (κ3) is 4.20. The maximum Gasteiger partial charge on any atom is 0.261 e. The molecule has 0 saturated heterocycles. The number of pyridine rings is 1. The van der Waals surface area contributed by atoms with Crippen LogP contribution in [0.15, 0.2) is 67.3 Å². The van der Waals surface area contributed by atoms with E-state index in [1.54, 1.807) is 60.0 Å². The Balaban J connectivity index is 1.64. The van der Waals surface area contributed by atoms with Crippen molar-refractivity contribution in [2.75, 3.05) is 10.2 Å². The zero-order valence-corrected chi connectivity index (χ0v) is 16.4. The molecule has 0 aliphatic heterocycles. The number of aromatic nitrogens is 3. The van der Waals surface area contributed by atoms with Crippen LogP contribution in [0.2, 0.25) is 0 Å². The molecule has 0 bridgehead atoms. The number of hydrogen-bond acceptors (Lipinski definition) is 5. The largest absolute Gasteiger partial charge is 0.322 e. The summed E-state index contributed by atoms with van der Waals surface area (Å²) in [6, 6.07) is 10.9. The average molecular weight is 457 g/mol. The van der Waals surface area contributed by atoms with E-state index < -0.39 is 40.6 Å². The van der Waals surface area contributed by atoms with Gasteiger partial charge < -0.3 is 5.32 Å². The van der Waals surface area contributed by atoms with E-state index in [2.05, 4.69) is 20.3 Å². The Kier molecular flexibility index (Phi) is 5.94. The molecule has 1 amide bonds. The van der Waals surface area contributed by atoms with Crippen LogP contribution in [0.25, 0.3) is 0 Å². The monoisotopic (exact) mass is 457 g/mol. The molecule has 0 atom stereocenters. The summed E-state index contributed by atoms with van der Waals surface area (Å²) in [5.41, 5.74) is -0.293. The van der Waals surface area contributed by atoms with E-state index in [4.69, 9.17) is 0 Å². The molecule has 2 heterocycles. The van der Waals surface area contributed by atoms with E-state index in [0.717, 1.165) is 0 Å². The van der Waals surface area contributed by atoms with E-state index in [1.165, 1.54) is 12.1 Å². The van der Waals surface area contributed by atoms with Crippen molar-refractivity contribution in [1.82, 2.24) is 15.0 Å². The molecule has 1 N–H and O–H groups in total. The molecule has 0 saturated carbocycles. The van der Waals surface area contributed by atoms with Crippen LogP contribution in [0.4, 0.5) is 45.0 Å². The lowest BCUT2D eigenvalue weighted by Gasteiger charge is -2.22. The lowest BCUT2D eigenvalue weighted by atomic mass is 10.1. The van der Waals surface area contributed by atoms with Crippen LogP contribution in [0, 0.1) is 29.1 Å². The molecule has 0 spiro atoms. The van der Waals surface area contributed by atoms with Crippen molar-refractivity contribution in [3.63, 3.8) is 0 Å². The van der Waals surface area contributed by atoms with Crippen LogP contribution >= 0.6 is 0 Å². The first-order valence-corrected chi connectivity index (χ1v) is 9.28. The minimum absolute atomic E-state index is 0.0522. The van der Waals surface area contributed by atoms with E-state index >= 15 is 0 Å². The van der Waals surface area contributed by atoms with Crippen molar-refractivity contribution in [2.45, 2.75) is 0 Å². The number of halogens is 5. The topological polar surface area (TPSA) is 71.0 Å². The Bertz CT molecular complexity index is 1240. The van der Waals surface area contributed by atoms with Crippen molar-refractivity contribution in [3.05, 3.63) is 102 Å². The molecule has 0 aliphatic rings. The summed E-state index contributed by atoms with van der Waals surface area (Å²) < 4.78 is 67.8. The average Bonchev–Trinajstić information content (AvgIpc) is 2.84. The van der Waals surface area contributed by atoms with Gasteiger partial charge in [0.1, 0.15) is 5.56 Å². The maximum absolute atomic E-state index is 13.9. The van der Waals surface area contributed by atoms with Gasteiger partial charge in [0.25, 0.3) is 5.91 Å². The number of hydrogen-bond donors (Lipinski definition) is 1. The highest BCUT2D eigenvalue weighted by Gasteiger charge is 2.29. The van der Waals surface area contributed by atoms with Crippen LogP contribution in [-0.4, -0.2) is 20.9 Å². The van der Waals surface area contributed by atoms with Crippen molar-refractivity contribution in [2.24, 2.45) is 0 Å². The number of anilines is 4. The standard InChI is InChI=1S/C22H12F5N5O/c23-16-15(17(24)19(26)20(27)18(16)25)21(33)31-12-2-4-13(5-3-12)32(14-6-10-28-11-7-14)22-29-8-1-9-30-22/h1-11H,(H,31,33). The zero-order valence-electron chi connectivity index (χ0n) is 16.4. The molecule has 2 aromatic heterocycles. The second-order valence-corrected chi connectivity index (χ2v) is 6.54. The predicted molar refractivity (Wildman–Crippen MR) is 109 cm³/mol. The molecule has 4 aromatic rings. The quantitative estimate of drug-likeness (QED) is 0.251. The third-order valence-corrected chi connectivity index (χ3v) is 4.49. The van der Waals surface area contributed by atoms with Gasteiger partial charge in [-0.2, -0.15) is 0 Å². The van der Waals surface area contributed by atoms with E-state index in [1.807, 2.05) is 0 Å². The number of carbonyl (C=O) groups is 1. The summed E-state index contributed by atoms with van der Waals surface area (Å²) in [6.07, 6.45) is 6.25. The highest BCUT2D eigenvalue weighted by molar-refractivity contribution is 6.04. The molecule has 0 aliphatic carbocycles. The summed E-state index contributed by atoms with van der Waals surface area (Å²) in [5, 5.41) is 2.12. The highest BCUT2D eigenvalue weighted by atomic mass is 19.2. The Labute approximate surface area is 183 Å². The molecule has 0 fully saturated rings. The number of nitrogens with zero attached hydrogens (tertiary/aromatic N) is 4. The van der Waals surface area contributed by atoms with Gasteiger partial charge in [0, 0.05) is 36.2 Å². The molecule has 0 unspecified atom stereocenters. The van der Waals surface area contributed by atoms with Gasteiger partial charge >= 0.3 is 0 Å². The Hall–Kier alpha value is -4.41. The molecule has 166 valence electrons. The fraction of sp³-hybridized carbons (Fsp3) is 0. The lowest BCUT2D eigenvalue weighted by molar-refractivity contribution is 0.101. The summed E-state index contributed by atoms with van der Waals surface area (Å²) >= 11 is 0. The fourth-order valence-corrected chi connectivity index (χ4v) is 2.97. The third-order valence-electron chi connectivity index (χ3n) is 4.49. The van der Waals surface area contributed by atoms with E-state index in [-0.39, 0.29) is 5.69 Å². The Morgan fingerprint density at radius 1 is 0.697 bits per heavy atom. The van der Waals surface area contributed by atoms with Gasteiger partial charge in [0.15, 0.2) is 23.3 Å². The first-order chi connectivity index (χ1) is 15.9. The Morgan fingerprint density at radius 3 is 1.79 bits per heavy atom. The van der Waals surface area contributed by atoms with Crippen LogP contribution < -0.4 is 10.2 Å². The number of rotatable bonds is 5.